The Hall–Kier alpha value is -2.03. The number of nitrogens with zero attached hydrogens (tertiary/aromatic N) is 1. The Morgan fingerprint density at radius 3 is 1.67 bits per heavy atom. The molecule has 314 valence electrons. The van der Waals surface area contributed by atoms with Gasteiger partial charge in [-0.1, -0.05) is 153 Å². The Balaban J connectivity index is 4.54. The summed E-state index contributed by atoms with van der Waals surface area (Å²) in [5.74, 6) is -1.13. The van der Waals surface area contributed by atoms with Gasteiger partial charge in [0.2, 0.25) is 0 Å². The van der Waals surface area contributed by atoms with E-state index in [1.807, 2.05) is 27.2 Å². The quantitative estimate of drug-likeness (QED) is 0.0116. The molecule has 0 aliphatic rings. The first kappa shape index (κ1) is 52.0. The summed E-state index contributed by atoms with van der Waals surface area (Å²) in [5, 5.41) is 0. The Labute approximate surface area is 331 Å². The molecule has 0 amide bonds. The monoisotopic (exact) mass is 782 g/mol. The number of ether oxygens (including phenoxy) is 2. The fraction of sp³-hybridized carbons (Fsp3) is 0.773. The Bertz CT molecular complexity index is 1070. The molecule has 0 saturated heterocycles. The van der Waals surface area contributed by atoms with Crippen molar-refractivity contribution < 1.29 is 42.1 Å². The number of allylic oxidation sites excluding steroid dienone is 7. The summed E-state index contributed by atoms with van der Waals surface area (Å²) >= 11 is 0. The molecule has 10 heteroatoms. The van der Waals surface area contributed by atoms with E-state index in [0.717, 1.165) is 38.5 Å². The van der Waals surface area contributed by atoms with Crippen molar-refractivity contribution in [3.8, 4) is 0 Å². The van der Waals surface area contributed by atoms with Gasteiger partial charge in [0.05, 0.1) is 27.7 Å². The van der Waals surface area contributed by atoms with Gasteiger partial charge in [0.15, 0.2) is 6.10 Å². The van der Waals surface area contributed by atoms with Crippen molar-refractivity contribution >= 4 is 19.8 Å². The number of esters is 2. The van der Waals surface area contributed by atoms with Crippen LogP contribution in [0.3, 0.4) is 0 Å². The highest BCUT2D eigenvalue weighted by Crippen LogP contribution is 2.38. The maximum absolute atomic E-state index is 12.5. The third kappa shape index (κ3) is 39.7. The fourth-order valence-corrected chi connectivity index (χ4v) is 6.26. The molecule has 0 N–H and O–H groups in total. The van der Waals surface area contributed by atoms with Crippen LogP contribution in [-0.2, 0) is 32.7 Å². The largest absolute Gasteiger partial charge is 0.756 e. The number of hydrogen-bond acceptors (Lipinski definition) is 8. The number of hydrogen-bond donors (Lipinski definition) is 0. The minimum Gasteiger partial charge on any atom is -0.756 e. The van der Waals surface area contributed by atoms with Gasteiger partial charge < -0.3 is 27.9 Å². The van der Waals surface area contributed by atoms with E-state index in [1.165, 1.54) is 109 Å². The van der Waals surface area contributed by atoms with E-state index in [4.69, 9.17) is 18.5 Å². The van der Waals surface area contributed by atoms with Crippen LogP contribution in [0, 0.1) is 0 Å². The lowest BCUT2D eigenvalue weighted by atomic mass is 10.1. The van der Waals surface area contributed by atoms with Crippen molar-refractivity contribution in [2.75, 3.05) is 47.5 Å². The molecule has 54 heavy (non-hydrogen) atoms. The van der Waals surface area contributed by atoms with Crippen molar-refractivity contribution in [2.45, 2.75) is 174 Å². The van der Waals surface area contributed by atoms with Gasteiger partial charge >= 0.3 is 11.9 Å². The normalized spacial score (nSPS) is 14.1. The number of unbranched alkanes of at least 4 members (excludes halogenated alkanes) is 19. The lowest BCUT2D eigenvalue weighted by Gasteiger charge is -2.28. The van der Waals surface area contributed by atoms with Crippen molar-refractivity contribution in [3.05, 3.63) is 48.6 Å². The van der Waals surface area contributed by atoms with Crippen LogP contribution in [0.1, 0.15) is 168 Å². The zero-order valence-electron chi connectivity index (χ0n) is 35.2. The van der Waals surface area contributed by atoms with Crippen LogP contribution in [0.2, 0.25) is 0 Å². The lowest BCUT2D eigenvalue weighted by Crippen LogP contribution is -2.37. The second-order valence-corrected chi connectivity index (χ2v) is 16.8. The molecule has 0 saturated carbocycles. The average Bonchev–Trinajstić information content (AvgIpc) is 3.12. The molecule has 0 aromatic carbocycles. The first-order chi connectivity index (χ1) is 26.0. The molecule has 0 aliphatic carbocycles. The standard InChI is InChI=1S/C44H80NO8P/c1-6-8-10-12-14-16-18-20-22-24-26-28-30-32-34-36-43(46)50-40-42(41-52-54(48,49)51-39-38-45(3,4)5)53-44(47)37-35-33-31-29-27-25-23-21-19-17-15-13-11-9-7-2/h20,22,26,28,31,33,35,37,42H,6-19,21,23-25,27,29-30,32,34,36,38-41H2,1-5H3/b22-20+,28-26+,33-31+,37-35+/t42-/m1/s1. The fourth-order valence-electron chi connectivity index (χ4n) is 5.53. The zero-order chi connectivity index (χ0) is 40.0. The molecule has 0 aliphatic heterocycles. The van der Waals surface area contributed by atoms with Crippen LogP contribution in [0.25, 0.3) is 0 Å². The molecule has 2 atom stereocenters. The molecular formula is C44H80NO8P. The number of likely N-dealkylation sites (N-methyl/N-ethyl adjacent to an activating group) is 1. The van der Waals surface area contributed by atoms with Crippen LogP contribution in [-0.4, -0.2) is 70.0 Å². The first-order valence-corrected chi connectivity index (χ1v) is 22.8. The van der Waals surface area contributed by atoms with Crippen molar-refractivity contribution in [1.29, 1.82) is 0 Å². The summed E-state index contributed by atoms with van der Waals surface area (Å²) in [6, 6.07) is 0. The second-order valence-electron chi connectivity index (χ2n) is 15.4. The zero-order valence-corrected chi connectivity index (χ0v) is 36.0. The molecule has 0 fully saturated rings. The molecule has 0 radical (unpaired) electrons. The van der Waals surface area contributed by atoms with Crippen molar-refractivity contribution in [1.82, 2.24) is 0 Å². The average molecular weight is 782 g/mol. The second kappa shape index (κ2) is 36.6. The lowest BCUT2D eigenvalue weighted by molar-refractivity contribution is -0.870. The summed E-state index contributed by atoms with van der Waals surface area (Å²) < 4.78 is 33.6. The molecule has 0 spiro atoms. The van der Waals surface area contributed by atoms with Crippen LogP contribution in [0.15, 0.2) is 48.6 Å². The predicted octanol–water partition coefficient (Wildman–Crippen LogP) is 11.3. The van der Waals surface area contributed by atoms with Crippen LogP contribution in [0.4, 0.5) is 0 Å². The van der Waals surface area contributed by atoms with Gasteiger partial charge in [-0.3, -0.25) is 9.36 Å². The highest BCUT2D eigenvalue weighted by Gasteiger charge is 2.21. The molecule has 9 nitrogen and oxygen atoms in total. The molecule has 0 rings (SSSR count). The number of quaternary nitrogens is 1. The topological polar surface area (TPSA) is 111 Å². The third-order valence-electron chi connectivity index (χ3n) is 8.93. The molecule has 0 heterocycles. The SMILES string of the molecule is CCCCCCCC/C=C/C/C=C/CCCCC(=O)OC[C@H](COP(=O)([O-])OCC[N+](C)(C)C)OC(=O)/C=C/C=C/CCCCCCCCCCCCC. The number of phosphoric acid groups is 1. The number of rotatable bonds is 38. The van der Waals surface area contributed by atoms with E-state index in [9.17, 15) is 19.0 Å². The number of phosphoric ester groups is 1. The van der Waals surface area contributed by atoms with Gasteiger partial charge in [-0.2, -0.15) is 0 Å². The maximum atomic E-state index is 12.5. The Morgan fingerprint density at radius 1 is 0.630 bits per heavy atom. The van der Waals surface area contributed by atoms with E-state index in [-0.39, 0.29) is 19.6 Å². The summed E-state index contributed by atoms with van der Waals surface area (Å²) in [4.78, 5) is 37.3. The minimum absolute atomic E-state index is 0.0525. The summed E-state index contributed by atoms with van der Waals surface area (Å²) in [7, 11) is 1.09. The minimum atomic E-state index is -4.65. The van der Waals surface area contributed by atoms with E-state index >= 15 is 0 Å². The number of carbonyl (C=O) groups is 2. The van der Waals surface area contributed by atoms with E-state index in [0.29, 0.717) is 17.4 Å². The Kier molecular flexibility index (Phi) is 35.2. The van der Waals surface area contributed by atoms with Gasteiger partial charge in [0.1, 0.15) is 19.8 Å². The van der Waals surface area contributed by atoms with E-state index in [2.05, 4.69) is 38.2 Å². The van der Waals surface area contributed by atoms with Crippen LogP contribution in [0.5, 0.6) is 0 Å². The molecule has 1 unspecified atom stereocenters. The summed E-state index contributed by atoms with van der Waals surface area (Å²) in [5.41, 5.74) is 0. The summed E-state index contributed by atoms with van der Waals surface area (Å²) in [6.07, 6.45) is 42.1. The molecule has 0 aromatic rings. The molecular weight excluding hydrogens is 701 g/mol. The Morgan fingerprint density at radius 2 is 1.13 bits per heavy atom. The molecule has 0 aromatic heterocycles. The van der Waals surface area contributed by atoms with Gasteiger partial charge in [-0.05, 0) is 51.4 Å². The van der Waals surface area contributed by atoms with Gasteiger partial charge in [-0.25, -0.2) is 4.79 Å². The van der Waals surface area contributed by atoms with Gasteiger partial charge in [-0.15, -0.1) is 0 Å². The predicted molar refractivity (Wildman–Crippen MR) is 222 cm³/mol. The first-order valence-electron chi connectivity index (χ1n) is 21.4. The summed E-state index contributed by atoms with van der Waals surface area (Å²) in [6.45, 7) is 4.05. The molecule has 0 bridgehead atoms. The maximum Gasteiger partial charge on any atom is 0.331 e. The highest BCUT2D eigenvalue weighted by molar-refractivity contribution is 7.45. The van der Waals surface area contributed by atoms with Crippen LogP contribution >= 0.6 is 7.82 Å². The van der Waals surface area contributed by atoms with Crippen LogP contribution < -0.4 is 4.89 Å². The van der Waals surface area contributed by atoms with Crippen molar-refractivity contribution in [3.63, 3.8) is 0 Å². The van der Waals surface area contributed by atoms with E-state index in [1.54, 1.807) is 12.2 Å². The third-order valence-corrected chi connectivity index (χ3v) is 9.89. The van der Waals surface area contributed by atoms with E-state index < -0.39 is 32.5 Å². The van der Waals surface area contributed by atoms with Gasteiger partial charge in [0, 0.05) is 12.5 Å². The van der Waals surface area contributed by atoms with Crippen molar-refractivity contribution in [2.24, 2.45) is 0 Å². The van der Waals surface area contributed by atoms with Gasteiger partial charge in [0.25, 0.3) is 7.82 Å². The highest BCUT2D eigenvalue weighted by atomic mass is 31.2. The smallest absolute Gasteiger partial charge is 0.331 e. The number of carbonyl (C=O) groups excluding carboxylic acids is 2.